The van der Waals surface area contributed by atoms with Crippen molar-refractivity contribution in [3.63, 3.8) is 0 Å². The Bertz CT molecular complexity index is 549. The molecule has 0 aliphatic heterocycles. The number of benzene rings is 2. The van der Waals surface area contributed by atoms with Crippen LogP contribution in [0, 0.1) is 0 Å². The van der Waals surface area contributed by atoms with E-state index in [1.165, 1.54) is 16.7 Å². The maximum Gasteiger partial charge on any atom is 0.123 e. The van der Waals surface area contributed by atoms with Gasteiger partial charge in [-0.25, -0.2) is 0 Å². The minimum absolute atomic E-state index is 0.809. The Balaban J connectivity index is 2.30. The summed E-state index contributed by atoms with van der Waals surface area (Å²) in [6, 6.07) is 14.4. The lowest BCUT2D eigenvalue weighted by Gasteiger charge is -2.11. The molecule has 3 heteroatoms. The van der Waals surface area contributed by atoms with Crippen molar-refractivity contribution < 1.29 is 9.47 Å². The van der Waals surface area contributed by atoms with Gasteiger partial charge in [-0.1, -0.05) is 25.1 Å². The van der Waals surface area contributed by atoms with Crippen LogP contribution in [0.15, 0.2) is 42.5 Å². The van der Waals surface area contributed by atoms with Crippen molar-refractivity contribution in [2.24, 2.45) is 0 Å². The normalized spacial score (nSPS) is 10.3. The van der Waals surface area contributed by atoms with E-state index in [4.69, 9.17) is 9.47 Å². The lowest BCUT2D eigenvalue weighted by atomic mass is 10.0. The second kappa shape index (κ2) is 6.96. The van der Waals surface area contributed by atoms with Gasteiger partial charge in [0, 0.05) is 12.1 Å². The number of rotatable bonds is 6. The average Bonchev–Trinajstić information content (AvgIpc) is 2.52. The molecule has 0 fully saturated rings. The van der Waals surface area contributed by atoms with Crippen LogP contribution < -0.4 is 14.8 Å². The Kier molecular flexibility index (Phi) is 5.02. The molecule has 0 saturated carbocycles. The van der Waals surface area contributed by atoms with Crippen LogP contribution in [0.3, 0.4) is 0 Å². The highest BCUT2D eigenvalue weighted by molar-refractivity contribution is 5.66. The van der Waals surface area contributed by atoms with Gasteiger partial charge in [-0.3, -0.25) is 0 Å². The van der Waals surface area contributed by atoms with E-state index in [2.05, 4.69) is 36.5 Å². The highest BCUT2D eigenvalue weighted by Gasteiger charge is 2.06. The third-order valence-electron chi connectivity index (χ3n) is 3.27. The summed E-state index contributed by atoms with van der Waals surface area (Å²) in [5, 5.41) is 3.34. The summed E-state index contributed by atoms with van der Waals surface area (Å²) in [4.78, 5) is 0. The predicted octanol–water partition coefficient (Wildman–Crippen LogP) is 3.48. The molecule has 20 heavy (non-hydrogen) atoms. The molecule has 2 aromatic carbocycles. The standard InChI is InChI=1S/C17H21NO2/c1-4-18-12-15-11-14(7-10-17(15)20-3)13-5-8-16(19-2)9-6-13/h5-11,18H,4,12H2,1-3H3. The number of ether oxygens (including phenoxy) is 2. The fourth-order valence-corrected chi connectivity index (χ4v) is 2.14. The van der Waals surface area contributed by atoms with Gasteiger partial charge in [0.15, 0.2) is 0 Å². The molecule has 0 heterocycles. The zero-order valence-corrected chi connectivity index (χ0v) is 12.3. The maximum absolute atomic E-state index is 5.41. The van der Waals surface area contributed by atoms with Gasteiger partial charge in [-0.15, -0.1) is 0 Å². The van der Waals surface area contributed by atoms with E-state index in [9.17, 15) is 0 Å². The van der Waals surface area contributed by atoms with E-state index < -0.39 is 0 Å². The Morgan fingerprint density at radius 2 is 1.60 bits per heavy atom. The molecule has 1 N–H and O–H groups in total. The maximum atomic E-state index is 5.41. The van der Waals surface area contributed by atoms with Gasteiger partial charge in [0.1, 0.15) is 11.5 Å². The molecule has 0 bridgehead atoms. The molecule has 2 rings (SSSR count). The second-order valence-electron chi connectivity index (χ2n) is 4.54. The van der Waals surface area contributed by atoms with E-state index in [1.54, 1.807) is 14.2 Å². The fraction of sp³-hybridized carbons (Fsp3) is 0.294. The van der Waals surface area contributed by atoms with Gasteiger partial charge in [-0.05, 0) is 41.9 Å². The van der Waals surface area contributed by atoms with Gasteiger partial charge in [0.05, 0.1) is 14.2 Å². The average molecular weight is 271 g/mol. The summed E-state index contributed by atoms with van der Waals surface area (Å²) in [6.45, 7) is 3.85. The number of methoxy groups -OCH3 is 2. The molecule has 0 unspecified atom stereocenters. The zero-order chi connectivity index (χ0) is 14.4. The summed E-state index contributed by atoms with van der Waals surface area (Å²) in [5.74, 6) is 1.79. The van der Waals surface area contributed by atoms with Gasteiger partial charge >= 0.3 is 0 Å². The SMILES string of the molecule is CCNCc1cc(-c2ccc(OC)cc2)ccc1OC. The lowest BCUT2D eigenvalue weighted by Crippen LogP contribution is -2.12. The first-order chi connectivity index (χ1) is 9.78. The topological polar surface area (TPSA) is 30.5 Å². The van der Waals surface area contributed by atoms with Crippen molar-refractivity contribution >= 4 is 0 Å². The first-order valence-electron chi connectivity index (χ1n) is 6.80. The van der Waals surface area contributed by atoms with Crippen LogP contribution in [0.1, 0.15) is 12.5 Å². The molecule has 0 amide bonds. The van der Waals surface area contributed by atoms with Crippen molar-refractivity contribution in [2.45, 2.75) is 13.5 Å². The quantitative estimate of drug-likeness (QED) is 0.872. The first kappa shape index (κ1) is 14.4. The molecule has 0 aliphatic carbocycles. The lowest BCUT2D eigenvalue weighted by molar-refractivity contribution is 0.408. The highest BCUT2D eigenvalue weighted by Crippen LogP contribution is 2.27. The molecular formula is C17H21NO2. The summed E-state index contributed by atoms with van der Waals surface area (Å²) in [5.41, 5.74) is 3.52. The van der Waals surface area contributed by atoms with E-state index in [-0.39, 0.29) is 0 Å². The van der Waals surface area contributed by atoms with Crippen molar-refractivity contribution in [3.05, 3.63) is 48.0 Å². The van der Waals surface area contributed by atoms with E-state index in [1.807, 2.05) is 18.2 Å². The van der Waals surface area contributed by atoms with E-state index in [0.717, 1.165) is 24.6 Å². The Morgan fingerprint density at radius 1 is 0.900 bits per heavy atom. The molecule has 0 radical (unpaired) electrons. The molecule has 0 aliphatic rings. The Morgan fingerprint density at radius 3 is 2.20 bits per heavy atom. The smallest absolute Gasteiger partial charge is 0.123 e. The fourth-order valence-electron chi connectivity index (χ4n) is 2.14. The van der Waals surface area contributed by atoms with Crippen LogP contribution in [-0.4, -0.2) is 20.8 Å². The minimum atomic E-state index is 0.809. The van der Waals surface area contributed by atoms with Gasteiger partial charge in [0.25, 0.3) is 0 Å². The highest BCUT2D eigenvalue weighted by atomic mass is 16.5. The van der Waals surface area contributed by atoms with E-state index in [0.29, 0.717) is 0 Å². The molecular weight excluding hydrogens is 250 g/mol. The van der Waals surface area contributed by atoms with Crippen molar-refractivity contribution in [1.82, 2.24) is 5.32 Å². The van der Waals surface area contributed by atoms with Crippen LogP contribution in [0.25, 0.3) is 11.1 Å². The summed E-state index contributed by atoms with van der Waals surface area (Å²) in [7, 11) is 3.38. The third-order valence-corrected chi connectivity index (χ3v) is 3.27. The summed E-state index contributed by atoms with van der Waals surface area (Å²) >= 11 is 0. The predicted molar refractivity (Wildman–Crippen MR) is 82.4 cm³/mol. The molecule has 0 spiro atoms. The Hall–Kier alpha value is -2.00. The largest absolute Gasteiger partial charge is 0.497 e. The van der Waals surface area contributed by atoms with Gasteiger partial charge in [-0.2, -0.15) is 0 Å². The van der Waals surface area contributed by atoms with Crippen molar-refractivity contribution in [1.29, 1.82) is 0 Å². The molecule has 106 valence electrons. The number of hydrogen-bond acceptors (Lipinski definition) is 3. The van der Waals surface area contributed by atoms with E-state index >= 15 is 0 Å². The molecule has 0 atom stereocenters. The van der Waals surface area contributed by atoms with Gasteiger partial charge in [0.2, 0.25) is 0 Å². The van der Waals surface area contributed by atoms with Crippen LogP contribution in [0.2, 0.25) is 0 Å². The molecule has 3 nitrogen and oxygen atoms in total. The molecule has 0 aromatic heterocycles. The minimum Gasteiger partial charge on any atom is -0.497 e. The van der Waals surface area contributed by atoms with Crippen LogP contribution in [-0.2, 0) is 6.54 Å². The zero-order valence-electron chi connectivity index (χ0n) is 12.3. The summed E-state index contributed by atoms with van der Waals surface area (Å²) in [6.07, 6.45) is 0. The van der Waals surface area contributed by atoms with Crippen molar-refractivity contribution in [2.75, 3.05) is 20.8 Å². The second-order valence-corrected chi connectivity index (χ2v) is 4.54. The van der Waals surface area contributed by atoms with Crippen molar-refractivity contribution in [3.8, 4) is 22.6 Å². The third kappa shape index (κ3) is 3.31. The first-order valence-corrected chi connectivity index (χ1v) is 6.80. The summed E-state index contributed by atoms with van der Waals surface area (Å²) < 4.78 is 10.6. The molecule has 0 saturated heterocycles. The molecule has 2 aromatic rings. The number of hydrogen-bond donors (Lipinski definition) is 1. The number of nitrogens with one attached hydrogen (secondary N) is 1. The Labute approximate surface area is 120 Å². The van der Waals surface area contributed by atoms with Crippen LogP contribution in [0.4, 0.5) is 0 Å². The van der Waals surface area contributed by atoms with Crippen LogP contribution in [0.5, 0.6) is 11.5 Å². The van der Waals surface area contributed by atoms with Crippen LogP contribution >= 0.6 is 0 Å². The monoisotopic (exact) mass is 271 g/mol. The van der Waals surface area contributed by atoms with Gasteiger partial charge < -0.3 is 14.8 Å².